The molecule has 0 atom stereocenters. The van der Waals surface area contributed by atoms with Crippen LogP contribution in [0, 0.1) is 5.82 Å². The summed E-state index contributed by atoms with van der Waals surface area (Å²) < 4.78 is 46.0. The Morgan fingerprint density at radius 2 is 1.88 bits per heavy atom. The average Bonchev–Trinajstić information content (AvgIpc) is 2.58. The van der Waals surface area contributed by atoms with E-state index < -0.39 is 26.7 Å². The second kappa shape index (κ2) is 8.37. The number of anilines is 2. The number of rotatable bonds is 7. The van der Waals surface area contributed by atoms with Crippen molar-refractivity contribution in [2.75, 3.05) is 23.2 Å². The van der Waals surface area contributed by atoms with E-state index in [4.69, 9.17) is 16.3 Å². The molecule has 2 aromatic rings. The Kier molecular flexibility index (Phi) is 6.44. The summed E-state index contributed by atoms with van der Waals surface area (Å²) in [5, 5.41) is 2.87. The lowest BCUT2D eigenvalue weighted by atomic mass is 10.1. The van der Waals surface area contributed by atoms with Crippen molar-refractivity contribution in [3.05, 3.63) is 52.8 Å². The highest BCUT2D eigenvalue weighted by atomic mass is 35.5. The minimum absolute atomic E-state index is 0.120. The maximum atomic E-state index is 13.4. The zero-order valence-corrected chi connectivity index (χ0v) is 15.7. The Balaban J connectivity index is 2.46. The molecule has 0 saturated heterocycles. The molecule has 2 rings (SSSR count). The van der Waals surface area contributed by atoms with E-state index in [0.717, 1.165) is 18.2 Å². The van der Waals surface area contributed by atoms with Gasteiger partial charge in [0.15, 0.2) is 0 Å². The molecule has 0 unspecified atom stereocenters. The fourth-order valence-corrected chi connectivity index (χ4v) is 3.78. The number of carbonyl (C=O) groups excluding carboxylic acids is 1. The van der Waals surface area contributed by atoms with Gasteiger partial charge in [0.05, 0.1) is 28.6 Å². The van der Waals surface area contributed by atoms with Gasteiger partial charge >= 0.3 is 5.97 Å². The van der Waals surface area contributed by atoms with E-state index in [9.17, 15) is 17.6 Å². The Bertz CT molecular complexity index is 919. The Morgan fingerprint density at radius 3 is 2.54 bits per heavy atom. The number of benzene rings is 2. The summed E-state index contributed by atoms with van der Waals surface area (Å²) in [7, 11) is -4.18. The van der Waals surface area contributed by atoms with Gasteiger partial charge in [-0.05, 0) is 50.2 Å². The molecule has 0 radical (unpaired) electrons. The summed E-state index contributed by atoms with van der Waals surface area (Å²) in [5.41, 5.74) is 0.755. The first-order chi connectivity index (χ1) is 12.3. The van der Waals surface area contributed by atoms with Crippen molar-refractivity contribution in [2.45, 2.75) is 18.7 Å². The number of ether oxygens (including phenoxy) is 1. The normalized spacial score (nSPS) is 11.1. The van der Waals surface area contributed by atoms with Crippen LogP contribution in [0.25, 0.3) is 0 Å². The predicted molar refractivity (Wildman–Crippen MR) is 98.8 cm³/mol. The van der Waals surface area contributed by atoms with Crippen molar-refractivity contribution in [2.24, 2.45) is 0 Å². The lowest BCUT2D eigenvalue weighted by Gasteiger charge is -2.15. The topological polar surface area (TPSA) is 84.5 Å². The number of hydrogen-bond acceptors (Lipinski definition) is 5. The monoisotopic (exact) mass is 400 g/mol. The summed E-state index contributed by atoms with van der Waals surface area (Å²) in [4.78, 5) is 11.5. The third-order valence-corrected chi connectivity index (χ3v) is 5.17. The number of hydrogen-bond donors (Lipinski definition) is 2. The number of halogens is 2. The lowest BCUT2D eigenvalue weighted by Crippen LogP contribution is -2.16. The maximum Gasteiger partial charge on any atom is 0.338 e. The molecule has 140 valence electrons. The molecule has 2 aromatic carbocycles. The third kappa shape index (κ3) is 4.64. The second-order valence-corrected chi connectivity index (χ2v) is 7.25. The Morgan fingerprint density at radius 1 is 1.15 bits per heavy atom. The first kappa shape index (κ1) is 20.0. The van der Waals surface area contributed by atoms with Gasteiger partial charge in [-0.25, -0.2) is 17.6 Å². The van der Waals surface area contributed by atoms with Crippen molar-refractivity contribution in [3.8, 4) is 0 Å². The lowest BCUT2D eigenvalue weighted by molar-refractivity contribution is 0.0526. The van der Waals surface area contributed by atoms with Gasteiger partial charge in [-0.1, -0.05) is 11.6 Å². The first-order valence-corrected chi connectivity index (χ1v) is 9.67. The van der Waals surface area contributed by atoms with Crippen molar-refractivity contribution in [1.82, 2.24) is 0 Å². The summed E-state index contributed by atoms with van der Waals surface area (Å²) in [6.07, 6.45) is 0. The first-order valence-electron chi connectivity index (χ1n) is 7.81. The van der Waals surface area contributed by atoms with E-state index in [2.05, 4.69) is 10.0 Å². The fourth-order valence-electron chi connectivity index (χ4n) is 2.20. The smallest absolute Gasteiger partial charge is 0.338 e. The van der Waals surface area contributed by atoms with Crippen LogP contribution in [0.15, 0.2) is 41.3 Å². The molecule has 0 bridgehead atoms. The van der Waals surface area contributed by atoms with Gasteiger partial charge in [0.2, 0.25) is 0 Å². The Labute approximate surface area is 156 Å². The number of carbonyl (C=O) groups is 1. The SMILES string of the molecule is CCNc1ccc(C(=O)OCC)cc1NS(=O)(=O)c1cc(F)ccc1Cl. The molecule has 0 heterocycles. The van der Waals surface area contributed by atoms with Gasteiger partial charge in [-0.15, -0.1) is 0 Å². The highest BCUT2D eigenvalue weighted by molar-refractivity contribution is 7.92. The van der Waals surface area contributed by atoms with Gasteiger partial charge in [-0.2, -0.15) is 0 Å². The van der Waals surface area contributed by atoms with Gasteiger partial charge in [-0.3, -0.25) is 4.72 Å². The quantitative estimate of drug-likeness (QED) is 0.689. The van der Waals surface area contributed by atoms with Gasteiger partial charge < -0.3 is 10.1 Å². The van der Waals surface area contributed by atoms with E-state index in [0.29, 0.717) is 12.2 Å². The number of esters is 1. The van der Waals surface area contributed by atoms with E-state index in [1.54, 1.807) is 13.0 Å². The molecular weight excluding hydrogens is 383 g/mol. The van der Waals surface area contributed by atoms with Crippen molar-refractivity contribution >= 4 is 39.0 Å². The second-order valence-electron chi connectivity index (χ2n) is 5.19. The number of sulfonamides is 1. The van der Waals surface area contributed by atoms with Crippen LogP contribution in [0.4, 0.5) is 15.8 Å². The van der Waals surface area contributed by atoms with E-state index in [-0.39, 0.29) is 22.9 Å². The fraction of sp³-hybridized carbons (Fsp3) is 0.235. The van der Waals surface area contributed by atoms with E-state index in [1.165, 1.54) is 12.1 Å². The molecule has 0 aliphatic rings. The molecular formula is C17H18ClFN2O4S. The van der Waals surface area contributed by atoms with Gasteiger partial charge in [0.1, 0.15) is 10.7 Å². The van der Waals surface area contributed by atoms with Crippen LogP contribution in [0.1, 0.15) is 24.2 Å². The molecule has 9 heteroatoms. The van der Waals surface area contributed by atoms with Crippen molar-refractivity contribution in [1.29, 1.82) is 0 Å². The van der Waals surface area contributed by atoms with Gasteiger partial charge in [0, 0.05) is 6.54 Å². The summed E-state index contributed by atoms with van der Waals surface area (Å²) in [6, 6.07) is 7.47. The van der Waals surface area contributed by atoms with Crippen LogP contribution in [-0.4, -0.2) is 27.5 Å². The molecule has 26 heavy (non-hydrogen) atoms. The van der Waals surface area contributed by atoms with E-state index >= 15 is 0 Å². The van der Waals surface area contributed by atoms with Crippen molar-refractivity contribution < 1.29 is 22.3 Å². The van der Waals surface area contributed by atoms with Crippen LogP contribution >= 0.6 is 11.6 Å². The molecule has 2 N–H and O–H groups in total. The minimum atomic E-state index is -4.18. The molecule has 0 fully saturated rings. The number of nitrogens with one attached hydrogen (secondary N) is 2. The zero-order valence-electron chi connectivity index (χ0n) is 14.2. The zero-order chi connectivity index (χ0) is 19.3. The van der Waals surface area contributed by atoms with Crippen LogP contribution in [0.3, 0.4) is 0 Å². The molecule has 0 aliphatic carbocycles. The van der Waals surface area contributed by atoms with E-state index in [1.807, 2.05) is 6.92 Å². The molecule has 6 nitrogen and oxygen atoms in total. The molecule has 0 spiro atoms. The predicted octanol–water partition coefficient (Wildman–Crippen LogP) is 3.89. The highest BCUT2D eigenvalue weighted by Crippen LogP contribution is 2.29. The summed E-state index contributed by atoms with van der Waals surface area (Å²) in [6.45, 7) is 4.21. The van der Waals surface area contributed by atoms with Crippen molar-refractivity contribution in [3.63, 3.8) is 0 Å². The minimum Gasteiger partial charge on any atom is -0.462 e. The van der Waals surface area contributed by atoms with Crippen LogP contribution in [0.2, 0.25) is 5.02 Å². The molecule has 0 saturated carbocycles. The molecule has 0 aliphatic heterocycles. The summed E-state index contributed by atoms with van der Waals surface area (Å²) >= 11 is 5.90. The molecule has 0 amide bonds. The van der Waals surface area contributed by atoms with Crippen LogP contribution in [-0.2, 0) is 14.8 Å². The highest BCUT2D eigenvalue weighted by Gasteiger charge is 2.21. The molecule has 0 aromatic heterocycles. The maximum absolute atomic E-state index is 13.4. The van der Waals surface area contributed by atoms with Crippen LogP contribution < -0.4 is 10.0 Å². The standard InChI is InChI=1S/C17H18ClFN2O4S/c1-3-20-14-8-5-11(17(22)25-4-2)9-15(14)21-26(23,24)16-10-12(19)6-7-13(16)18/h5-10,20-21H,3-4H2,1-2H3. The Hall–Kier alpha value is -2.32. The van der Waals surface area contributed by atoms with Gasteiger partial charge in [0.25, 0.3) is 10.0 Å². The van der Waals surface area contributed by atoms with Crippen LogP contribution in [0.5, 0.6) is 0 Å². The summed E-state index contributed by atoms with van der Waals surface area (Å²) in [5.74, 6) is -1.32. The third-order valence-electron chi connectivity index (χ3n) is 3.33. The largest absolute Gasteiger partial charge is 0.462 e. The average molecular weight is 401 g/mol.